The number of pyridine rings is 1. The van der Waals surface area contributed by atoms with Crippen molar-refractivity contribution in [2.75, 3.05) is 0 Å². The molecule has 2 heterocycles. The van der Waals surface area contributed by atoms with Gasteiger partial charge in [-0.2, -0.15) is 0 Å². The Hall–Kier alpha value is -7.04. The number of imidazole rings is 1. The summed E-state index contributed by atoms with van der Waals surface area (Å²) in [5.74, 6) is 0.789. The van der Waals surface area contributed by atoms with Crippen LogP contribution in [0.25, 0.3) is 72.7 Å². The molecule has 1 atom stereocenters. The average Bonchev–Trinajstić information content (AvgIpc) is 3.80. The first-order valence-electron chi connectivity index (χ1n) is 19.6. The number of hydrogen-bond acceptors (Lipinski definition) is 3. The van der Waals surface area contributed by atoms with Crippen LogP contribution < -0.4 is 0 Å². The topological polar surface area (TPSA) is 50.9 Å². The summed E-state index contributed by atoms with van der Waals surface area (Å²) in [6, 6.07) is 58.8. The Morgan fingerprint density at radius 3 is 2.07 bits per heavy atom. The Morgan fingerprint density at radius 1 is 0.574 bits per heavy atom. The van der Waals surface area contributed by atoms with E-state index in [0.29, 0.717) is 17.0 Å². The van der Waals surface area contributed by atoms with Crippen molar-refractivity contribution in [2.45, 2.75) is 12.8 Å². The highest BCUT2D eigenvalue weighted by Crippen LogP contribution is 2.53. The number of benzene rings is 7. The van der Waals surface area contributed by atoms with E-state index in [-0.39, 0.29) is 11.7 Å². The second-order valence-corrected chi connectivity index (χ2v) is 13.7. The van der Waals surface area contributed by atoms with Crippen molar-refractivity contribution in [3.8, 4) is 67.5 Å². The molecule has 0 amide bonds. The van der Waals surface area contributed by atoms with Crippen LogP contribution in [-0.4, -0.2) is 19.6 Å². The van der Waals surface area contributed by atoms with Gasteiger partial charge in [-0.05, 0) is 106 Å². The minimum absolute atomic E-state index is 0.0220. The lowest BCUT2D eigenvalue weighted by molar-refractivity contribution is 0.477. The van der Waals surface area contributed by atoms with Gasteiger partial charge in [0.1, 0.15) is 11.6 Å². The molecule has 256 valence electrons. The van der Waals surface area contributed by atoms with Crippen molar-refractivity contribution in [1.82, 2.24) is 14.5 Å². The van der Waals surface area contributed by atoms with Crippen LogP contribution in [0.4, 0.5) is 0 Å². The van der Waals surface area contributed by atoms with E-state index < -0.39 is 6.85 Å². The molecule has 0 saturated heterocycles. The third-order valence-electron chi connectivity index (χ3n) is 10.6. The largest absolute Gasteiger partial charge is 0.507 e. The number of nitrogens with zero attached hydrogens (tertiary/aromatic N) is 3. The zero-order chi connectivity index (χ0) is 38.7. The standard InChI is InChI=1S/C50H35N3O/c1-32-23-25-33(26-24-32)35-27-28-51-44(31-35)43-30-36(29-42-39-17-8-9-18-40(39)47(48(42)43)34-13-4-2-5-14-34)38-20-12-21-45-49(38)52-50(41-19-10-11-22-46(41)54)53(45)37-15-6-3-7-16-37/h2-31,47,54H,1H3/i1D3. The van der Waals surface area contributed by atoms with Gasteiger partial charge in [0.15, 0.2) is 0 Å². The van der Waals surface area contributed by atoms with Crippen LogP contribution in [0.5, 0.6) is 5.75 Å². The van der Waals surface area contributed by atoms with Crippen LogP contribution in [0.2, 0.25) is 0 Å². The van der Waals surface area contributed by atoms with Crippen LogP contribution in [-0.2, 0) is 0 Å². The van der Waals surface area contributed by atoms with Crippen LogP contribution >= 0.6 is 0 Å². The maximum absolute atomic E-state index is 11.1. The lowest BCUT2D eigenvalue weighted by Gasteiger charge is -2.19. The molecular weight excluding hydrogens is 659 g/mol. The Bertz CT molecular complexity index is 2960. The zero-order valence-electron chi connectivity index (χ0n) is 32.2. The Balaban J connectivity index is 1.24. The van der Waals surface area contributed by atoms with E-state index >= 15 is 0 Å². The number of hydrogen-bond donors (Lipinski definition) is 1. The normalized spacial score (nSPS) is 14.2. The van der Waals surface area contributed by atoms with Gasteiger partial charge in [0.05, 0.1) is 22.3 Å². The molecule has 9 aromatic rings. The third-order valence-corrected chi connectivity index (χ3v) is 10.6. The van der Waals surface area contributed by atoms with E-state index in [4.69, 9.17) is 14.1 Å². The van der Waals surface area contributed by atoms with Gasteiger partial charge in [0, 0.05) is 33.0 Å². The molecule has 1 aliphatic rings. The lowest BCUT2D eigenvalue weighted by atomic mass is 9.84. The lowest BCUT2D eigenvalue weighted by Crippen LogP contribution is -2.02. The molecule has 4 nitrogen and oxygen atoms in total. The highest BCUT2D eigenvalue weighted by atomic mass is 16.3. The number of aryl methyl sites for hydroxylation is 1. The first-order chi connectivity index (χ1) is 27.8. The Labute approximate surface area is 318 Å². The number of aromatic hydroxyl groups is 1. The summed E-state index contributed by atoms with van der Waals surface area (Å²) in [5, 5.41) is 11.1. The summed E-state index contributed by atoms with van der Waals surface area (Å²) in [4.78, 5) is 10.4. The summed E-state index contributed by atoms with van der Waals surface area (Å²) in [6.45, 7) is -2.17. The minimum atomic E-state index is -2.17. The van der Waals surface area contributed by atoms with Gasteiger partial charge in [-0.3, -0.25) is 9.55 Å². The summed E-state index contributed by atoms with van der Waals surface area (Å²) in [6.07, 6.45) is 1.84. The molecule has 4 heteroatoms. The van der Waals surface area contributed by atoms with Crippen LogP contribution in [0.3, 0.4) is 0 Å². The van der Waals surface area contributed by atoms with E-state index in [1.165, 1.54) is 22.3 Å². The zero-order valence-corrected chi connectivity index (χ0v) is 29.2. The first-order valence-corrected chi connectivity index (χ1v) is 18.1. The first kappa shape index (κ1) is 28.5. The molecule has 1 N–H and O–H groups in total. The fourth-order valence-corrected chi connectivity index (χ4v) is 8.13. The van der Waals surface area contributed by atoms with Gasteiger partial charge in [0.25, 0.3) is 0 Å². The van der Waals surface area contributed by atoms with Gasteiger partial charge in [-0.1, -0.05) is 127 Å². The molecule has 0 fully saturated rings. The molecule has 1 unspecified atom stereocenters. The molecule has 0 saturated carbocycles. The maximum atomic E-state index is 11.1. The maximum Gasteiger partial charge on any atom is 0.149 e. The molecule has 0 aliphatic heterocycles. The van der Waals surface area contributed by atoms with E-state index in [0.717, 1.165) is 55.8 Å². The SMILES string of the molecule is [2H]C([2H])([2H])c1ccc(-c2ccnc(-c3cc(-c4cccc5c4nc(-c4ccccc4O)n5-c4ccccc4)cc4c3C(c3ccccc3)c3ccccc3-4)c2)cc1. The summed E-state index contributed by atoms with van der Waals surface area (Å²) >= 11 is 0. The number of aromatic nitrogens is 3. The summed E-state index contributed by atoms with van der Waals surface area (Å²) < 4.78 is 25.7. The van der Waals surface area contributed by atoms with E-state index in [1.807, 2.05) is 60.8 Å². The van der Waals surface area contributed by atoms with Gasteiger partial charge >= 0.3 is 0 Å². The van der Waals surface area contributed by atoms with Crippen LogP contribution in [0, 0.1) is 6.85 Å². The highest BCUT2D eigenvalue weighted by Gasteiger charge is 2.34. The summed E-state index contributed by atoms with van der Waals surface area (Å²) in [5.41, 5.74) is 15.2. The molecular formula is C50H35N3O. The number of phenolic OH excluding ortho intramolecular Hbond substituents is 1. The van der Waals surface area contributed by atoms with Crippen molar-refractivity contribution >= 4 is 11.0 Å². The molecule has 2 aromatic heterocycles. The monoisotopic (exact) mass is 696 g/mol. The number of phenols is 1. The molecule has 0 bridgehead atoms. The van der Waals surface area contributed by atoms with Gasteiger partial charge < -0.3 is 5.11 Å². The molecule has 0 spiro atoms. The third kappa shape index (κ3) is 5.22. The van der Waals surface area contributed by atoms with Crippen molar-refractivity contribution in [3.63, 3.8) is 0 Å². The minimum Gasteiger partial charge on any atom is -0.507 e. The van der Waals surface area contributed by atoms with Crippen molar-refractivity contribution in [1.29, 1.82) is 0 Å². The second kappa shape index (κ2) is 12.9. The van der Waals surface area contributed by atoms with Gasteiger partial charge in [0.2, 0.25) is 0 Å². The second-order valence-electron chi connectivity index (χ2n) is 13.7. The number of rotatable bonds is 6. The fourth-order valence-electron chi connectivity index (χ4n) is 8.13. The van der Waals surface area contributed by atoms with Gasteiger partial charge in [-0.15, -0.1) is 0 Å². The number of fused-ring (bicyclic) bond motifs is 4. The van der Waals surface area contributed by atoms with E-state index in [1.54, 1.807) is 18.2 Å². The van der Waals surface area contributed by atoms with Crippen molar-refractivity contribution < 1.29 is 9.22 Å². The Morgan fingerprint density at radius 2 is 1.28 bits per heavy atom. The van der Waals surface area contributed by atoms with Crippen LogP contribution in [0.1, 0.15) is 32.3 Å². The molecule has 1 aliphatic carbocycles. The molecule has 0 radical (unpaired) electrons. The van der Waals surface area contributed by atoms with Crippen LogP contribution in [0.15, 0.2) is 182 Å². The van der Waals surface area contributed by atoms with E-state index in [2.05, 4.69) is 108 Å². The predicted molar refractivity (Wildman–Crippen MR) is 220 cm³/mol. The predicted octanol–water partition coefficient (Wildman–Crippen LogP) is 12.3. The number of para-hydroxylation sites is 3. The quantitative estimate of drug-likeness (QED) is 0.188. The molecule has 54 heavy (non-hydrogen) atoms. The fraction of sp³-hybridized carbons (Fsp3) is 0.0400. The smallest absolute Gasteiger partial charge is 0.149 e. The highest BCUT2D eigenvalue weighted by molar-refractivity contribution is 5.99. The van der Waals surface area contributed by atoms with Crippen molar-refractivity contribution in [2.24, 2.45) is 0 Å². The van der Waals surface area contributed by atoms with Crippen molar-refractivity contribution in [3.05, 3.63) is 204 Å². The van der Waals surface area contributed by atoms with E-state index in [9.17, 15) is 5.11 Å². The average molecular weight is 697 g/mol. The molecule has 10 rings (SSSR count). The summed E-state index contributed by atoms with van der Waals surface area (Å²) in [7, 11) is 0. The van der Waals surface area contributed by atoms with Gasteiger partial charge in [-0.25, -0.2) is 4.98 Å². The Kier molecular flexibility index (Phi) is 6.80. The molecule has 7 aromatic carbocycles.